The van der Waals surface area contributed by atoms with Crippen LogP contribution < -0.4 is 14.4 Å². The van der Waals surface area contributed by atoms with E-state index < -0.39 is 0 Å². The summed E-state index contributed by atoms with van der Waals surface area (Å²) < 4.78 is 10.5. The molecule has 1 aliphatic rings. The molecule has 0 bridgehead atoms. The smallest absolute Gasteiger partial charge is 0.246 e. The van der Waals surface area contributed by atoms with Crippen molar-refractivity contribution in [3.05, 3.63) is 53.6 Å². The van der Waals surface area contributed by atoms with E-state index in [9.17, 15) is 9.59 Å². The Morgan fingerprint density at radius 3 is 2.54 bits per heavy atom. The lowest BCUT2D eigenvalue weighted by Gasteiger charge is -2.39. The zero-order valence-corrected chi connectivity index (χ0v) is 16.8. The Morgan fingerprint density at radius 1 is 1.11 bits per heavy atom. The van der Waals surface area contributed by atoms with Crippen LogP contribution in [0.15, 0.2) is 42.5 Å². The lowest BCUT2D eigenvalue weighted by Crippen LogP contribution is -2.57. The Balaban J connectivity index is 1.71. The third-order valence-electron chi connectivity index (χ3n) is 5.02. The summed E-state index contributed by atoms with van der Waals surface area (Å²) in [5.41, 5.74) is 2.80. The Hall–Kier alpha value is -3.02. The number of rotatable bonds is 5. The second kappa shape index (κ2) is 8.33. The van der Waals surface area contributed by atoms with Crippen LogP contribution in [0.25, 0.3) is 0 Å². The first-order valence-corrected chi connectivity index (χ1v) is 9.30. The molecule has 1 fully saturated rings. The highest BCUT2D eigenvalue weighted by molar-refractivity contribution is 5.98. The molecule has 148 valence electrons. The maximum Gasteiger partial charge on any atom is 0.246 e. The van der Waals surface area contributed by atoms with Crippen LogP contribution in [0.1, 0.15) is 18.1 Å². The first-order chi connectivity index (χ1) is 13.4. The molecule has 3 rings (SSSR count). The van der Waals surface area contributed by atoms with Gasteiger partial charge in [-0.15, -0.1) is 0 Å². The number of hydrogen-bond donors (Lipinski definition) is 0. The van der Waals surface area contributed by atoms with E-state index in [0.717, 1.165) is 16.8 Å². The van der Waals surface area contributed by atoms with Crippen LogP contribution >= 0.6 is 0 Å². The van der Waals surface area contributed by atoms with Crippen LogP contribution in [0.4, 0.5) is 5.69 Å². The summed E-state index contributed by atoms with van der Waals surface area (Å²) in [4.78, 5) is 29.0. The molecular weight excluding hydrogens is 356 g/mol. The van der Waals surface area contributed by atoms with Gasteiger partial charge in [0.15, 0.2) is 11.5 Å². The third kappa shape index (κ3) is 4.11. The lowest BCUT2D eigenvalue weighted by molar-refractivity contribution is -0.138. The fraction of sp³-hybridized carbons (Fsp3) is 0.364. The number of anilines is 1. The van der Waals surface area contributed by atoms with Crippen molar-refractivity contribution in [2.45, 2.75) is 26.3 Å². The number of ether oxygens (including phenoxy) is 2. The van der Waals surface area contributed by atoms with E-state index in [4.69, 9.17) is 9.47 Å². The molecule has 0 aromatic heterocycles. The summed E-state index contributed by atoms with van der Waals surface area (Å²) in [5.74, 6) is 1.07. The molecule has 1 aliphatic heterocycles. The van der Waals surface area contributed by atoms with Crippen molar-refractivity contribution in [2.75, 3.05) is 32.2 Å². The van der Waals surface area contributed by atoms with Gasteiger partial charge in [-0.05, 0) is 49.2 Å². The third-order valence-corrected chi connectivity index (χ3v) is 5.02. The van der Waals surface area contributed by atoms with Gasteiger partial charge in [-0.2, -0.15) is 0 Å². The largest absolute Gasteiger partial charge is 0.493 e. The Labute approximate surface area is 165 Å². The number of carbonyl (C=O) groups is 2. The van der Waals surface area contributed by atoms with Gasteiger partial charge in [-0.25, -0.2) is 0 Å². The number of piperazine rings is 1. The number of nitrogens with zero attached hydrogens (tertiary/aromatic N) is 2. The molecule has 2 aromatic carbocycles. The zero-order valence-electron chi connectivity index (χ0n) is 16.8. The first kappa shape index (κ1) is 19.7. The molecule has 6 nitrogen and oxygen atoms in total. The average molecular weight is 382 g/mol. The van der Waals surface area contributed by atoms with E-state index >= 15 is 0 Å². The minimum atomic E-state index is -0.0723. The Bertz CT molecular complexity index is 881. The van der Waals surface area contributed by atoms with Gasteiger partial charge in [0.1, 0.15) is 6.54 Å². The number of hydrogen-bond acceptors (Lipinski definition) is 4. The summed E-state index contributed by atoms with van der Waals surface area (Å²) in [5, 5.41) is 0. The molecule has 1 saturated heterocycles. The van der Waals surface area contributed by atoms with Gasteiger partial charge in [-0.1, -0.05) is 18.2 Å². The second-order valence-corrected chi connectivity index (χ2v) is 7.08. The van der Waals surface area contributed by atoms with Crippen LogP contribution in [0.5, 0.6) is 11.5 Å². The second-order valence-electron chi connectivity index (χ2n) is 7.08. The van der Waals surface area contributed by atoms with Gasteiger partial charge in [0.05, 0.1) is 20.6 Å². The van der Waals surface area contributed by atoms with Gasteiger partial charge in [0.2, 0.25) is 11.8 Å². The summed E-state index contributed by atoms with van der Waals surface area (Å²) in [7, 11) is 3.14. The molecule has 2 aromatic rings. The predicted molar refractivity (Wildman–Crippen MR) is 108 cm³/mol. The molecule has 1 heterocycles. The highest BCUT2D eigenvalue weighted by Gasteiger charge is 2.33. The number of benzene rings is 2. The zero-order chi connectivity index (χ0) is 20.3. The van der Waals surface area contributed by atoms with Crippen molar-refractivity contribution in [3.8, 4) is 11.5 Å². The molecule has 0 N–H and O–H groups in total. The van der Waals surface area contributed by atoms with E-state index in [-0.39, 0.29) is 30.8 Å². The van der Waals surface area contributed by atoms with E-state index in [1.54, 1.807) is 36.2 Å². The first-order valence-electron chi connectivity index (χ1n) is 9.30. The highest BCUT2D eigenvalue weighted by atomic mass is 16.5. The van der Waals surface area contributed by atoms with Gasteiger partial charge < -0.3 is 19.3 Å². The molecule has 1 atom stereocenters. The molecule has 0 aliphatic carbocycles. The summed E-state index contributed by atoms with van der Waals surface area (Å²) in [6.45, 7) is 4.54. The SMILES string of the molecule is COc1ccc(CC(=O)N2CC(=O)N(c3cccc(C)c3)CC2C)cc1OC. The molecule has 28 heavy (non-hydrogen) atoms. The summed E-state index contributed by atoms with van der Waals surface area (Å²) in [6, 6.07) is 13.2. The minimum absolute atomic E-state index is 0.0640. The fourth-order valence-electron chi connectivity index (χ4n) is 3.50. The van der Waals surface area contributed by atoms with Crippen molar-refractivity contribution in [1.82, 2.24) is 4.90 Å². The van der Waals surface area contributed by atoms with Crippen LogP contribution in [0, 0.1) is 6.92 Å². The monoisotopic (exact) mass is 382 g/mol. The Kier molecular flexibility index (Phi) is 5.87. The van der Waals surface area contributed by atoms with Crippen LogP contribution in [0.2, 0.25) is 0 Å². The van der Waals surface area contributed by atoms with Gasteiger partial charge in [0, 0.05) is 18.3 Å². The highest BCUT2D eigenvalue weighted by Crippen LogP contribution is 2.28. The molecule has 0 spiro atoms. The topological polar surface area (TPSA) is 59.1 Å². The van der Waals surface area contributed by atoms with E-state index in [2.05, 4.69) is 0 Å². The normalized spacial score (nSPS) is 16.9. The molecular formula is C22H26N2O4. The van der Waals surface area contributed by atoms with E-state index in [0.29, 0.717) is 18.0 Å². The van der Waals surface area contributed by atoms with Gasteiger partial charge in [0.25, 0.3) is 0 Å². The van der Waals surface area contributed by atoms with Gasteiger partial charge >= 0.3 is 0 Å². The summed E-state index contributed by atoms with van der Waals surface area (Å²) >= 11 is 0. The van der Waals surface area contributed by atoms with Crippen molar-refractivity contribution in [2.24, 2.45) is 0 Å². The Morgan fingerprint density at radius 2 is 1.86 bits per heavy atom. The lowest BCUT2D eigenvalue weighted by atomic mass is 10.1. The average Bonchev–Trinajstić information content (AvgIpc) is 2.69. The maximum absolute atomic E-state index is 12.9. The van der Waals surface area contributed by atoms with Crippen molar-refractivity contribution in [3.63, 3.8) is 0 Å². The van der Waals surface area contributed by atoms with E-state index in [1.807, 2.05) is 44.2 Å². The standard InChI is InChI=1S/C22H26N2O4/c1-15-6-5-7-18(10-15)24-13-16(2)23(14-22(24)26)21(25)12-17-8-9-19(27-3)20(11-17)28-4/h5-11,16H,12-14H2,1-4H3. The number of carbonyl (C=O) groups excluding carboxylic acids is 2. The fourth-order valence-corrected chi connectivity index (χ4v) is 3.50. The minimum Gasteiger partial charge on any atom is -0.493 e. The van der Waals surface area contributed by atoms with Crippen molar-refractivity contribution < 1.29 is 19.1 Å². The van der Waals surface area contributed by atoms with Crippen molar-refractivity contribution >= 4 is 17.5 Å². The molecule has 1 unspecified atom stereocenters. The summed E-state index contributed by atoms with van der Waals surface area (Å²) in [6.07, 6.45) is 0.211. The molecule has 2 amide bonds. The van der Waals surface area contributed by atoms with E-state index in [1.165, 1.54) is 0 Å². The maximum atomic E-state index is 12.9. The molecule has 0 radical (unpaired) electrons. The van der Waals surface area contributed by atoms with Crippen LogP contribution in [-0.2, 0) is 16.0 Å². The molecule has 0 saturated carbocycles. The number of aryl methyl sites for hydroxylation is 1. The van der Waals surface area contributed by atoms with Crippen molar-refractivity contribution in [1.29, 1.82) is 0 Å². The quantitative estimate of drug-likeness (QED) is 0.798. The van der Waals surface area contributed by atoms with Crippen LogP contribution in [0.3, 0.4) is 0 Å². The van der Waals surface area contributed by atoms with Crippen LogP contribution in [-0.4, -0.2) is 50.1 Å². The predicted octanol–water partition coefficient (Wildman–Crippen LogP) is 2.82. The molecule has 6 heteroatoms. The number of amides is 2. The number of methoxy groups -OCH3 is 2. The van der Waals surface area contributed by atoms with Gasteiger partial charge in [-0.3, -0.25) is 9.59 Å².